The molecule has 1 unspecified atom stereocenters. The molecular weight excluding hydrogens is 414 g/mol. The van der Waals surface area contributed by atoms with Crippen LogP contribution < -0.4 is 0 Å². The van der Waals surface area contributed by atoms with Gasteiger partial charge in [-0.05, 0) is 29.0 Å². The number of hydrogen-bond acceptors (Lipinski definition) is 3. The minimum atomic E-state index is 0.581. The van der Waals surface area contributed by atoms with Gasteiger partial charge in [0.15, 0.2) is 17.5 Å². The second kappa shape index (κ2) is 9.80. The highest BCUT2D eigenvalue weighted by molar-refractivity contribution is 5.70. The monoisotopic (exact) mass is 441 g/mol. The Bertz CT molecular complexity index is 1300. The van der Waals surface area contributed by atoms with Gasteiger partial charge in [-0.1, -0.05) is 123 Å². The molecule has 0 aliphatic rings. The summed E-state index contributed by atoms with van der Waals surface area (Å²) in [6, 6.07) is 37.5. The normalized spacial score (nSPS) is 11.8. The highest BCUT2D eigenvalue weighted by atomic mass is 15.0. The third-order valence-electron chi connectivity index (χ3n) is 6.27. The maximum atomic E-state index is 4.82. The molecule has 4 aromatic carbocycles. The fourth-order valence-electron chi connectivity index (χ4n) is 3.99. The van der Waals surface area contributed by atoms with Gasteiger partial charge in [0.05, 0.1) is 0 Å². The lowest BCUT2D eigenvalue weighted by atomic mass is 9.95. The smallest absolute Gasteiger partial charge is 0.164 e. The van der Waals surface area contributed by atoms with Crippen molar-refractivity contribution >= 4 is 0 Å². The van der Waals surface area contributed by atoms with Crippen LogP contribution in [0, 0.1) is 0 Å². The minimum Gasteiger partial charge on any atom is -0.208 e. The van der Waals surface area contributed by atoms with E-state index in [1.165, 1.54) is 16.7 Å². The maximum Gasteiger partial charge on any atom is 0.164 e. The van der Waals surface area contributed by atoms with Crippen LogP contribution >= 0.6 is 0 Å². The zero-order valence-electron chi connectivity index (χ0n) is 19.5. The summed E-state index contributed by atoms with van der Waals surface area (Å²) in [7, 11) is 0. The van der Waals surface area contributed by atoms with E-state index in [1.807, 2.05) is 60.7 Å². The topological polar surface area (TPSA) is 38.7 Å². The van der Waals surface area contributed by atoms with Gasteiger partial charge in [-0.2, -0.15) is 0 Å². The summed E-state index contributed by atoms with van der Waals surface area (Å²) in [5.74, 6) is 2.60. The van der Waals surface area contributed by atoms with E-state index in [0.717, 1.165) is 23.1 Å². The summed E-state index contributed by atoms with van der Waals surface area (Å²) in [6.07, 6.45) is 1.15. The SMILES string of the molecule is CCC(C)c1ccc(-c2ccc(-c3nc(-c4ccccc4)nc(-c4ccccc4)n3)cc2)cc1. The third-order valence-corrected chi connectivity index (χ3v) is 6.27. The van der Waals surface area contributed by atoms with Gasteiger partial charge >= 0.3 is 0 Å². The van der Waals surface area contributed by atoms with Crippen molar-refractivity contribution < 1.29 is 0 Å². The number of benzene rings is 4. The van der Waals surface area contributed by atoms with Gasteiger partial charge in [0.1, 0.15) is 0 Å². The molecule has 0 saturated heterocycles. The van der Waals surface area contributed by atoms with E-state index in [-0.39, 0.29) is 0 Å². The third kappa shape index (κ3) is 4.65. The summed E-state index contributed by atoms with van der Waals surface area (Å²) in [4.78, 5) is 14.4. The molecule has 0 bridgehead atoms. The molecular formula is C31H27N3. The number of nitrogens with zero attached hydrogens (tertiary/aromatic N) is 3. The molecule has 1 atom stereocenters. The number of rotatable bonds is 6. The minimum absolute atomic E-state index is 0.581. The highest BCUT2D eigenvalue weighted by Gasteiger charge is 2.12. The van der Waals surface area contributed by atoms with Crippen molar-refractivity contribution in [3.05, 3.63) is 115 Å². The molecule has 1 heterocycles. The largest absolute Gasteiger partial charge is 0.208 e. The summed E-state index contributed by atoms with van der Waals surface area (Å²) < 4.78 is 0. The van der Waals surface area contributed by atoms with E-state index in [4.69, 9.17) is 15.0 Å². The van der Waals surface area contributed by atoms with Gasteiger partial charge < -0.3 is 0 Å². The molecule has 5 rings (SSSR count). The standard InChI is InChI=1S/C31H27N3/c1-3-22(2)23-14-16-24(17-15-23)25-18-20-28(21-19-25)31-33-29(26-10-6-4-7-11-26)32-30(34-31)27-12-8-5-9-13-27/h4-22H,3H2,1-2H3. The zero-order valence-corrected chi connectivity index (χ0v) is 19.5. The van der Waals surface area contributed by atoms with Crippen LogP contribution in [0.3, 0.4) is 0 Å². The fourth-order valence-corrected chi connectivity index (χ4v) is 3.99. The van der Waals surface area contributed by atoms with E-state index < -0.39 is 0 Å². The van der Waals surface area contributed by atoms with Gasteiger partial charge in [0, 0.05) is 16.7 Å². The van der Waals surface area contributed by atoms with E-state index in [0.29, 0.717) is 23.4 Å². The molecule has 0 amide bonds. The molecule has 1 aromatic heterocycles. The Labute approximate surface area is 201 Å². The van der Waals surface area contributed by atoms with Crippen LogP contribution in [0.25, 0.3) is 45.3 Å². The van der Waals surface area contributed by atoms with Crippen LogP contribution in [-0.4, -0.2) is 15.0 Å². The number of hydrogen-bond donors (Lipinski definition) is 0. The molecule has 0 aliphatic carbocycles. The lowest BCUT2D eigenvalue weighted by Gasteiger charge is -2.11. The molecule has 0 aliphatic heterocycles. The average molecular weight is 442 g/mol. The van der Waals surface area contributed by atoms with Crippen LogP contribution in [0.2, 0.25) is 0 Å². The first-order valence-corrected chi connectivity index (χ1v) is 11.8. The molecule has 0 spiro atoms. The lowest BCUT2D eigenvalue weighted by molar-refractivity contribution is 0.734. The average Bonchev–Trinajstić information content (AvgIpc) is 2.93. The predicted octanol–water partition coefficient (Wildman–Crippen LogP) is 8.05. The summed E-state index contributed by atoms with van der Waals surface area (Å²) >= 11 is 0. The predicted molar refractivity (Wildman–Crippen MR) is 140 cm³/mol. The number of aromatic nitrogens is 3. The molecule has 5 aromatic rings. The molecule has 34 heavy (non-hydrogen) atoms. The van der Waals surface area contributed by atoms with E-state index >= 15 is 0 Å². The Morgan fingerprint density at radius 2 is 0.824 bits per heavy atom. The lowest BCUT2D eigenvalue weighted by Crippen LogP contribution is -2.00. The second-order valence-corrected chi connectivity index (χ2v) is 8.55. The van der Waals surface area contributed by atoms with Crippen LogP contribution in [0.1, 0.15) is 31.7 Å². The molecule has 3 nitrogen and oxygen atoms in total. The zero-order chi connectivity index (χ0) is 23.3. The molecule has 166 valence electrons. The molecule has 0 radical (unpaired) electrons. The first-order chi connectivity index (χ1) is 16.7. The second-order valence-electron chi connectivity index (χ2n) is 8.55. The van der Waals surface area contributed by atoms with Crippen molar-refractivity contribution in [2.24, 2.45) is 0 Å². The van der Waals surface area contributed by atoms with Gasteiger partial charge in [-0.25, -0.2) is 15.0 Å². The van der Waals surface area contributed by atoms with Crippen LogP contribution in [-0.2, 0) is 0 Å². The van der Waals surface area contributed by atoms with Crippen molar-refractivity contribution in [3.8, 4) is 45.3 Å². The molecule has 0 fully saturated rings. The Morgan fingerprint density at radius 1 is 0.471 bits per heavy atom. The first-order valence-electron chi connectivity index (χ1n) is 11.8. The van der Waals surface area contributed by atoms with Crippen LogP contribution in [0.15, 0.2) is 109 Å². The maximum absolute atomic E-state index is 4.82. The van der Waals surface area contributed by atoms with Crippen LogP contribution in [0.5, 0.6) is 0 Å². The van der Waals surface area contributed by atoms with E-state index in [1.54, 1.807) is 0 Å². The molecule has 0 saturated carbocycles. The van der Waals surface area contributed by atoms with Gasteiger partial charge in [-0.3, -0.25) is 0 Å². The summed E-state index contributed by atoms with van der Waals surface area (Å²) in [6.45, 7) is 4.50. The van der Waals surface area contributed by atoms with E-state index in [9.17, 15) is 0 Å². The Hall–Kier alpha value is -4.11. The van der Waals surface area contributed by atoms with Crippen molar-refractivity contribution in [3.63, 3.8) is 0 Å². The fraction of sp³-hybridized carbons (Fsp3) is 0.129. The van der Waals surface area contributed by atoms with Crippen molar-refractivity contribution in [2.75, 3.05) is 0 Å². The molecule has 3 heteroatoms. The Kier molecular flexibility index (Phi) is 6.26. The summed E-state index contributed by atoms with van der Waals surface area (Å²) in [5, 5.41) is 0. The molecule has 0 N–H and O–H groups in total. The van der Waals surface area contributed by atoms with Crippen molar-refractivity contribution in [2.45, 2.75) is 26.2 Å². The van der Waals surface area contributed by atoms with E-state index in [2.05, 4.69) is 62.4 Å². The van der Waals surface area contributed by atoms with Gasteiger partial charge in [0.25, 0.3) is 0 Å². The van der Waals surface area contributed by atoms with Crippen molar-refractivity contribution in [1.29, 1.82) is 0 Å². The van der Waals surface area contributed by atoms with Crippen molar-refractivity contribution in [1.82, 2.24) is 15.0 Å². The first kappa shape index (κ1) is 21.7. The summed E-state index contributed by atoms with van der Waals surface area (Å²) in [5.41, 5.74) is 6.69. The Balaban J connectivity index is 1.51. The van der Waals surface area contributed by atoms with Gasteiger partial charge in [-0.15, -0.1) is 0 Å². The quantitative estimate of drug-likeness (QED) is 0.267. The van der Waals surface area contributed by atoms with Crippen LogP contribution in [0.4, 0.5) is 0 Å². The van der Waals surface area contributed by atoms with Gasteiger partial charge in [0.2, 0.25) is 0 Å². The highest BCUT2D eigenvalue weighted by Crippen LogP contribution is 2.28. The Morgan fingerprint density at radius 3 is 1.24 bits per heavy atom.